The number of nitrogens with one attached hydrogen (secondary N) is 2. The quantitative estimate of drug-likeness (QED) is 0.410. The van der Waals surface area contributed by atoms with E-state index < -0.39 is 0 Å². The minimum atomic E-state index is 0.152. The second kappa shape index (κ2) is 9.80. The number of likely N-dealkylation sites (N-methyl/N-ethyl adjacent to an activating group) is 1. The monoisotopic (exact) mass is 332 g/mol. The Hall–Kier alpha value is -2.24. The molecule has 0 unspecified atom stereocenters. The summed E-state index contributed by atoms with van der Waals surface area (Å²) in [6.45, 7) is 2.05. The predicted octanol–water partition coefficient (Wildman–Crippen LogP) is 1.63. The highest BCUT2D eigenvalue weighted by Gasteiger charge is 2.22. The van der Waals surface area contributed by atoms with Crippen LogP contribution < -0.4 is 15.4 Å². The van der Waals surface area contributed by atoms with E-state index in [2.05, 4.69) is 15.6 Å². The minimum absolute atomic E-state index is 0.152. The summed E-state index contributed by atoms with van der Waals surface area (Å²) in [7, 11) is 3.74. The number of aliphatic imine (C=N–C) groups is 1. The van der Waals surface area contributed by atoms with Gasteiger partial charge in [-0.25, -0.2) is 0 Å². The molecule has 24 heavy (non-hydrogen) atoms. The molecular weight excluding hydrogens is 304 g/mol. The van der Waals surface area contributed by atoms with Crippen molar-refractivity contribution in [3.63, 3.8) is 0 Å². The van der Waals surface area contributed by atoms with E-state index in [1.54, 1.807) is 7.05 Å². The van der Waals surface area contributed by atoms with Crippen LogP contribution in [-0.2, 0) is 4.79 Å². The van der Waals surface area contributed by atoms with Gasteiger partial charge >= 0.3 is 0 Å². The number of para-hydroxylation sites is 1. The topological polar surface area (TPSA) is 66.0 Å². The van der Waals surface area contributed by atoms with Gasteiger partial charge in [0.1, 0.15) is 12.4 Å². The van der Waals surface area contributed by atoms with E-state index >= 15 is 0 Å². The summed E-state index contributed by atoms with van der Waals surface area (Å²) >= 11 is 0. The van der Waals surface area contributed by atoms with Crippen LogP contribution in [0.5, 0.6) is 5.75 Å². The molecule has 0 radical (unpaired) electrons. The average molecular weight is 332 g/mol. The number of carbonyl (C=O) groups is 1. The molecule has 0 aliphatic heterocycles. The van der Waals surface area contributed by atoms with Gasteiger partial charge in [-0.15, -0.1) is 0 Å². The number of rotatable bonds is 9. The third kappa shape index (κ3) is 6.89. The zero-order valence-electron chi connectivity index (χ0n) is 14.6. The van der Waals surface area contributed by atoms with Crippen molar-refractivity contribution in [3.8, 4) is 5.75 Å². The largest absolute Gasteiger partial charge is 0.492 e. The SMILES string of the molecule is CN=C(NCCCC(=O)NC1CC1)N(C)CCOc1ccccc1. The molecule has 0 saturated heterocycles. The number of guanidine groups is 1. The lowest BCUT2D eigenvalue weighted by molar-refractivity contribution is -0.121. The molecule has 0 atom stereocenters. The highest BCUT2D eigenvalue weighted by atomic mass is 16.5. The number of hydrogen-bond acceptors (Lipinski definition) is 3. The summed E-state index contributed by atoms with van der Waals surface area (Å²) in [4.78, 5) is 17.9. The van der Waals surface area contributed by atoms with Crippen LogP contribution in [0.25, 0.3) is 0 Å². The van der Waals surface area contributed by atoms with Crippen molar-refractivity contribution in [3.05, 3.63) is 30.3 Å². The molecule has 132 valence electrons. The summed E-state index contributed by atoms with van der Waals surface area (Å²) in [6, 6.07) is 10.2. The van der Waals surface area contributed by atoms with Crippen LogP contribution in [0.3, 0.4) is 0 Å². The molecule has 1 aromatic rings. The summed E-state index contributed by atoms with van der Waals surface area (Å²) in [5, 5.41) is 6.28. The summed E-state index contributed by atoms with van der Waals surface area (Å²) in [5.41, 5.74) is 0. The highest BCUT2D eigenvalue weighted by Crippen LogP contribution is 2.18. The Morgan fingerprint density at radius 2 is 2.08 bits per heavy atom. The molecule has 6 nitrogen and oxygen atoms in total. The van der Waals surface area contributed by atoms with Gasteiger partial charge in [0, 0.05) is 33.1 Å². The first kappa shape index (κ1) is 18.1. The number of amides is 1. The Bertz CT molecular complexity index is 529. The van der Waals surface area contributed by atoms with Gasteiger partial charge in [0.15, 0.2) is 5.96 Å². The molecule has 6 heteroatoms. The maximum atomic E-state index is 11.6. The number of carbonyl (C=O) groups excluding carboxylic acids is 1. The molecule has 0 heterocycles. The number of hydrogen-bond donors (Lipinski definition) is 2. The van der Waals surface area contributed by atoms with Gasteiger partial charge in [-0.3, -0.25) is 9.79 Å². The van der Waals surface area contributed by atoms with Gasteiger partial charge in [-0.05, 0) is 31.4 Å². The summed E-state index contributed by atoms with van der Waals surface area (Å²) in [5.74, 6) is 1.84. The standard InChI is InChI=1S/C18H28N4O2/c1-19-18(20-12-6-9-17(23)21-15-10-11-15)22(2)13-14-24-16-7-4-3-5-8-16/h3-5,7-8,15H,6,9-14H2,1-2H3,(H,19,20)(H,21,23). The molecule has 1 aliphatic rings. The van der Waals surface area contributed by atoms with Crippen LogP contribution in [0.2, 0.25) is 0 Å². The van der Waals surface area contributed by atoms with Crippen molar-refractivity contribution in [2.45, 2.75) is 31.7 Å². The Morgan fingerprint density at radius 3 is 2.75 bits per heavy atom. The van der Waals surface area contributed by atoms with Gasteiger partial charge in [0.2, 0.25) is 5.91 Å². The van der Waals surface area contributed by atoms with Crippen molar-refractivity contribution >= 4 is 11.9 Å². The molecule has 2 rings (SSSR count). The molecule has 1 fully saturated rings. The predicted molar refractivity (Wildman–Crippen MR) is 96.3 cm³/mol. The molecule has 1 aromatic carbocycles. The van der Waals surface area contributed by atoms with Gasteiger partial charge in [0.25, 0.3) is 0 Å². The molecule has 0 aromatic heterocycles. The first-order valence-electron chi connectivity index (χ1n) is 8.58. The Labute approximate surface area is 144 Å². The van der Waals surface area contributed by atoms with Crippen LogP contribution in [0, 0.1) is 0 Å². The number of nitrogens with zero attached hydrogens (tertiary/aromatic N) is 2. The van der Waals surface area contributed by atoms with Crippen molar-refractivity contribution in [1.29, 1.82) is 0 Å². The Kier molecular flexibility index (Phi) is 7.39. The highest BCUT2D eigenvalue weighted by molar-refractivity contribution is 5.80. The fourth-order valence-corrected chi connectivity index (χ4v) is 2.28. The van der Waals surface area contributed by atoms with E-state index in [0.29, 0.717) is 19.1 Å². The summed E-state index contributed by atoms with van der Waals surface area (Å²) < 4.78 is 5.69. The van der Waals surface area contributed by atoms with Gasteiger partial charge < -0.3 is 20.3 Å². The molecule has 0 spiro atoms. The molecule has 0 bridgehead atoms. The smallest absolute Gasteiger partial charge is 0.220 e. The first-order valence-corrected chi connectivity index (χ1v) is 8.58. The maximum Gasteiger partial charge on any atom is 0.220 e. The number of benzene rings is 1. The van der Waals surface area contributed by atoms with E-state index in [0.717, 1.165) is 44.1 Å². The van der Waals surface area contributed by atoms with E-state index in [1.165, 1.54) is 0 Å². The third-order valence-corrected chi connectivity index (χ3v) is 3.82. The normalized spacial score (nSPS) is 14.2. The average Bonchev–Trinajstić information content (AvgIpc) is 3.39. The van der Waals surface area contributed by atoms with Gasteiger partial charge in [-0.1, -0.05) is 18.2 Å². The summed E-state index contributed by atoms with van der Waals surface area (Å²) in [6.07, 6.45) is 3.62. The second-order valence-corrected chi connectivity index (χ2v) is 6.00. The Balaban J connectivity index is 1.58. The zero-order chi connectivity index (χ0) is 17.2. The van der Waals surface area contributed by atoms with Crippen LogP contribution >= 0.6 is 0 Å². The lowest BCUT2D eigenvalue weighted by Gasteiger charge is -2.22. The van der Waals surface area contributed by atoms with E-state index in [9.17, 15) is 4.79 Å². The van der Waals surface area contributed by atoms with Crippen molar-refractivity contribution < 1.29 is 9.53 Å². The zero-order valence-corrected chi connectivity index (χ0v) is 14.6. The molecule has 2 N–H and O–H groups in total. The fourth-order valence-electron chi connectivity index (χ4n) is 2.28. The Morgan fingerprint density at radius 1 is 1.33 bits per heavy atom. The van der Waals surface area contributed by atoms with Crippen LogP contribution in [-0.4, -0.2) is 56.6 Å². The molecule has 1 aliphatic carbocycles. The van der Waals surface area contributed by atoms with Crippen LogP contribution in [0.1, 0.15) is 25.7 Å². The molecule has 1 amide bonds. The third-order valence-electron chi connectivity index (χ3n) is 3.82. The number of ether oxygens (including phenoxy) is 1. The van der Waals surface area contributed by atoms with Gasteiger partial charge in [0.05, 0.1) is 6.54 Å². The molecule has 1 saturated carbocycles. The molecular formula is C18H28N4O2. The van der Waals surface area contributed by atoms with Crippen molar-refractivity contribution in [1.82, 2.24) is 15.5 Å². The lowest BCUT2D eigenvalue weighted by Crippen LogP contribution is -2.41. The van der Waals surface area contributed by atoms with Crippen molar-refractivity contribution in [2.75, 3.05) is 33.8 Å². The second-order valence-electron chi connectivity index (χ2n) is 6.00. The minimum Gasteiger partial charge on any atom is -0.492 e. The van der Waals surface area contributed by atoms with E-state index in [1.807, 2.05) is 42.3 Å². The van der Waals surface area contributed by atoms with Gasteiger partial charge in [-0.2, -0.15) is 0 Å². The van der Waals surface area contributed by atoms with Crippen LogP contribution in [0.15, 0.2) is 35.3 Å². The van der Waals surface area contributed by atoms with E-state index in [-0.39, 0.29) is 5.91 Å². The van der Waals surface area contributed by atoms with Crippen molar-refractivity contribution in [2.24, 2.45) is 4.99 Å². The lowest BCUT2D eigenvalue weighted by atomic mass is 10.3. The van der Waals surface area contributed by atoms with E-state index in [4.69, 9.17) is 4.74 Å². The van der Waals surface area contributed by atoms with Crippen LogP contribution in [0.4, 0.5) is 0 Å². The maximum absolute atomic E-state index is 11.6. The first-order chi connectivity index (χ1) is 11.7. The fraction of sp³-hybridized carbons (Fsp3) is 0.556.